The smallest absolute Gasteiger partial charge is 0.325 e. The standard InChI is InChI=1S/C24H26FN3O4S.ClH/c1-15(29)33-21-9-10-27(13-17(21)12-18-8-11-28(26-18)14-22(30)31)23(24(32)16-6-7-16)19-4-2-3-5-20(19)25;/h2-5,8,11-12,16,21,23H,6-7,9-10,13-14H2,1H3,(H,30,31);1H/b17-12+;. The average Bonchev–Trinajstić information content (AvgIpc) is 3.52. The summed E-state index contributed by atoms with van der Waals surface area (Å²) < 4.78 is 16.1. The van der Waals surface area contributed by atoms with Gasteiger partial charge in [-0.3, -0.25) is 24.0 Å². The summed E-state index contributed by atoms with van der Waals surface area (Å²) in [6, 6.07) is 7.46. The zero-order valence-electron chi connectivity index (χ0n) is 18.7. The molecule has 1 saturated heterocycles. The molecule has 34 heavy (non-hydrogen) atoms. The van der Waals surface area contributed by atoms with Crippen molar-refractivity contribution < 1.29 is 23.9 Å². The summed E-state index contributed by atoms with van der Waals surface area (Å²) in [6.45, 7) is 2.24. The number of likely N-dealkylation sites (tertiary alicyclic amines) is 1. The third-order valence-electron chi connectivity index (χ3n) is 5.89. The van der Waals surface area contributed by atoms with Crippen molar-refractivity contribution >= 4 is 47.1 Å². The van der Waals surface area contributed by atoms with Crippen LogP contribution in [0, 0.1) is 11.7 Å². The third kappa shape index (κ3) is 6.34. The first-order valence-electron chi connectivity index (χ1n) is 11.0. The van der Waals surface area contributed by atoms with Crippen LogP contribution in [0.5, 0.6) is 0 Å². The van der Waals surface area contributed by atoms with Crippen LogP contribution in [-0.2, 0) is 20.9 Å². The Hall–Kier alpha value is -2.49. The molecule has 1 aromatic heterocycles. The van der Waals surface area contributed by atoms with Crippen LogP contribution < -0.4 is 0 Å². The van der Waals surface area contributed by atoms with E-state index < -0.39 is 17.8 Å². The minimum Gasteiger partial charge on any atom is -0.480 e. The number of nitrogens with zero attached hydrogens (tertiary/aromatic N) is 3. The van der Waals surface area contributed by atoms with E-state index in [1.54, 1.807) is 30.5 Å². The van der Waals surface area contributed by atoms with E-state index in [4.69, 9.17) is 5.11 Å². The van der Waals surface area contributed by atoms with Crippen LogP contribution >= 0.6 is 24.2 Å². The van der Waals surface area contributed by atoms with Crippen molar-refractivity contribution in [1.82, 2.24) is 14.7 Å². The van der Waals surface area contributed by atoms with Gasteiger partial charge in [-0.1, -0.05) is 30.0 Å². The fraction of sp³-hybridized carbons (Fsp3) is 0.417. The molecule has 2 atom stereocenters. The van der Waals surface area contributed by atoms with Crippen molar-refractivity contribution in [2.75, 3.05) is 13.1 Å². The van der Waals surface area contributed by atoms with E-state index >= 15 is 0 Å². The molecule has 1 aliphatic carbocycles. The topological polar surface area (TPSA) is 92.5 Å². The van der Waals surface area contributed by atoms with Gasteiger partial charge in [-0.05, 0) is 43.0 Å². The fourth-order valence-corrected chi connectivity index (χ4v) is 5.18. The number of rotatable bonds is 8. The highest BCUT2D eigenvalue weighted by atomic mass is 35.5. The predicted octanol–water partition coefficient (Wildman–Crippen LogP) is 3.99. The van der Waals surface area contributed by atoms with Gasteiger partial charge in [0.05, 0.1) is 11.7 Å². The van der Waals surface area contributed by atoms with Gasteiger partial charge in [-0.25, -0.2) is 4.39 Å². The molecule has 1 saturated carbocycles. The number of carboxylic acids is 1. The van der Waals surface area contributed by atoms with Crippen molar-refractivity contribution in [3.05, 3.63) is 59.2 Å². The normalized spacial score (nSPS) is 20.5. The summed E-state index contributed by atoms with van der Waals surface area (Å²) >= 11 is 1.24. The van der Waals surface area contributed by atoms with Crippen LogP contribution in [0.15, 0.2) is 42.1 Å². The number of carboxylic acid groups (broad SMARTS) is 1. The summed E-state index contributed by atoms with van der Waals surface area (Å²) in [5.74, 6) is -1.37. The molecular weight excluding hydrogens is 481 g/mol. The number of aromatic nitrogens is 2. The maximum Gasteiger partial charge on any atom is 0.325 e. The molecule has 0 spiro atoms. The number of carbonyl (C=O) groups is 3. The van der Waals surface area contributed by atoms with Crippen molar-refractivity contribution in [3.8, 4) is 0 Å². The van der Waals surface area contributed by atoms with E-state index in [1.165, 1.54) is 29.4 Å². The first-order valence-corrected chi connectivity index (χ1v) is 11.8. The lowest BCUT2D eigenvalue weighted by molar-refractivity contribution is -0.138. The number of hydrogen-bond acceptors (Lipinski definition) is 6. The highest BCUT2D eigenvalue weighted by Gasteiger charge is 2.41. The first kappa shape index (κ1) is 26.1. The van der Waals surface area contributed by atoms with Crippen molar-refractivity contribution in [2.24, 2.45) is 5.92 Å². The highest BCUT2D eigenvalue weighted by Crippen LogP contribution is 2.40. The van der Waals surface area contributed by atoms with E-state index in [0.29, 0.717) is 30.8 Å². The minimum atomic E-state index is -0.988. The number of carbonyl (C=O) groups excluding carboxylic acids is 2. The second kappa shape index (κ2) is 11.3. The monoisotopic (exact) mass is 507 g/mol. The molecule has 2 fully saturated rings. The van der Waals surface area contributed by atoms with Gasteiger partial charge in [0.15, 0.2) is 10.9 Å². The molecule has 182 valence electrons. The van der Waals surface area contributed by atoms with E-state index in [1.807, 2.05) is 11.0 Å². The van der Waals surface area contributed by atoms with E-state index in [-0.39, 0.29) is 41.0 Å². The number of ketones is 1. The molecule has 0 radical (unpaired) electrons. The van der Waals surface area contributed by atoms with Crippen molar-refractivity contribution in [3.63, 3.8) is 0 Å². The first-order chi connectivity index (χ1) is 15.8. The number of benzene rings is 1. The van der Waals surface area contributed by atoms with Gasteiger partial charge < -0.3 is 5.11 Å². The van der Waals surface area contributed by atoms with Crippen LogP contribution in [0.25, 0.3) is 6.08 Å². The largest absolute Gasteiger partial charge is 0.480 e. The molecule has 7 nitrogen and oxygen atoms in total. The van der Waals surface area contributed by atoms with Crippen LogP contribution in [0.4, 0.5) is 4.39 Å². The number of hydrogen-bond donors (Lipinski definition) is 1. The second-order valence-electron chi connectivity index (χ2n) is 8.51. The maximum absolute atomic E-state index is 14.7. The molecule has 2 heterocycles. The van der Waals surface area contributed by atoms with E-state index in [9.17, 15) is 18.8 Å². The Morgan fingerprint density at radius 3 is 2.62 bits per heavy atom. The van der Waals surface area contributed by atoms with Gasteiger partial charge in [-0.2, -0.15) is 5.10 Å². The molecule has 4 rings (SSSR count). The molecule has 1 aromatic carbocycles. The molecule has 2 aromatic rings. The van der Waals surface area contributed by atoms with Crippen molar-refractivity contribution in [2.45, 2.75) is 44.0 Å². The number of thioether (sulfide) groups is 1. The van der Waals surface area contributed by atoms with Crippen LogP contribution in [0.2, 0.25) is 0 Å². The zero-order valence-corrected chi connectivity index (χ0v) is 20.4. The summed E-state index contributed by atoms with van der Waals surface area (Å²) in [5, 5.41) is 13.2. The van der Waals surface area contributed by atoms with E-state index in [2.05, 4.69) is 5.10 Å². The highest BCUT2D eigenvalue weighted by molar-refractivity contribution is 8.14. The quantitative estimate of drug-likeness (QED) is 0.577. The van der Waals surface area contributed by atoms with Crippen molar-refractivity contribution in [1.29, 1.82) is 0 Å². The molecule has 2 unspecified atom stereocenters. The third-order valence-corrected chi connectivity index (χ3v) is 7.05. The Morgan fingerprint density at radius 1 is 1.24 bits per heavy atom. The molecule has 2 aliphatic rings. The fourth-order valence-electron chi connectivity index (χ4n) is 4.27. The van der Waals surface area contributed by atoms with Gasteiger partial charge in [0.1, 0.15) is 12.4 Å². The Morgan fingerprint density at radius 2 is 1.97 bits per heavy atom. The Bertz CT molecular complexity index is 1100. The minimum absolute atomic E-state index is 0. The summed E-state index contributed by atoms with van der Waals surface area (Å²) in [4.78, 5) is 38.0. The lowest BCUT2D eigenvalue weighted by Gasteiger charge is -2.38. The predicted molar refractivity (Wildman–Crippen MR) is 130 cm³/mol. The zero-order chi connectivity index (χ0) is 23.5. The molecule has 1 N–H and O–H groups in total. The molecule has 10 heteroatoms. The Balaban J connectivity index is 0.00000324. The molecule has 0 amide bonds. The number of aliphatic carboxylic acids is 1. The second-order valence-corrected chi connectivity index (χ2v) is 9.89. The number of Topliss-reactive ketones (excluding diaryl/α,β-unsaturated/α-hetero) is 1. The molecule has 0 bridgehead atoms. The summed E-state index contributed by atoms with van der Waals surface area (Å²) in [5.41, 5.74) is 1.88. The average molecular weight is 508 g/mol. The van der Waals surface area contributed by atoms with Crippen LogP contribution in [0.3, 0.4) is 0 Å². The number of halogens is 2. The Labute approximate surface area is 207 Å². The molecular formula is C24H27ClFN3O4S. The lowest BCUT2D eigenvalue weighted by Crippen LogP contribution is -2.43. The summed E-state index contributed by atoms with van der Waals surface area (Å²) in [7, 11) is 0. The SMILES string of the molecule is CC(=O)SC1CCN(C(C(=O)C2CC2)c2ccccc2F)C/C1=C\c1ccn(CC(=O)O)n1.Cl. The summed E-state index contributed by atoms with van der Waals surface area (Å²) in [6.07, 6.45) is 5.75. The maximum atomic E-state index is 14.7. The van der Waals surface area contributed by atoms with Gasteiger partial charge in [-0.15, -0.1) is 12.4 Å². The van der Waals surface area contributed by atoms with Gasteiger partial charge >= 0.3 is 5.97 Å². The molecule has 1 aliphatic heterocycles. The van der Waals surface area contributed by atoms with Crippen LogP contribution in [-0.4, -0.2) is 55.0 Å². The van der Waals surface area contributed by atoms with E-state index in [0.717, 1.165) is 18.4 Å². The van der Waals surface area contributed by atoms with Gasteiger partial charge in [0, 0.05) is 42.9 Å². The lowest BCUT2D eigenvalue weighted by atomic mass is 9.93. The van der Waals surface area contributed by atoms with Crippen LogP contribution in [0.1, 0.15) is 43.5 Å². The van der Waals surface area contributed by atoms with Gasteiger partial charge in [0.2, 0.25) is 0 Å². The number of piperidine rings is 1. The van der Waals surface area contributed by atoms with Gasteiger partial charge in [0.25, 0.3) is 0 Å². The Kier molecular flexibility index (Phi) is 8.67.